The summed E-state index contributed by atoms with van der Waals surface area (Å²) in [5.41, 5.74) is 1.01. The number of nitrogens with one attached hydrogen (secondary N) is 2. The molecule has 1 heterocycles. The van der Waals surface area contributed by atoms with Gasteiger partial charge in [0.25, 0.3) is 0 Å². The van der Waals surface area contributed by atoms with Crippen LogP contribution in [0, 0.1) is 5.92 Å². The van der Waals surface area contributed by atoms with Crippen LogP contribution in [0.3, 0.4) is 0 Å². The highest BCUT2D eigenvalue weighted by atomic mass is 35.5. The average molecular weight is 319 g/mol. The molecular weight excluding hydrogens is 299 g/mol. The minimum absolute atomic E-state index is 0. The van der Waals surface area contributed by atoms with Crippen molar-refractivity contribution in [2.45, 2.75) is 12.5 Å². The molecule has 1 aromatic rings. The van der Waals surface area contributed by atoms with E-state index in [1.54, 1.807) is 7.11 Å². The van der Waals surface area contributed by atoms with E-state index in [-0.39, 0.29) is 30.3 Å². The molecule has 2 unspecified atom stereocenters. The predicted molar refractivity (Wildman–Crippen MR) is 82.4 cm³/mol. The summed E-state index contributed by atoms with van der Waals surface area (Å²) < 4.78 is 5.42. The summed E-state index contributed by atoms with van der Waals surface area (Å²) in [5.74, 6) is 0.184. The molecule has 0 radical (unpaired) electrons. The lowest BCUT2D eigenvalue weighted by atomic mass is 10.1. The first-order valence-electron chi connectivity index (χ1n) is 6.47. The van der Waals surface area contributed by atoms with Gasteiger partial charge in [0, 0.05) is 25.2 Å². The number of benzene rings is 1. The number of rotatable bonds is 5. The summed E-state index contributed by atoms with van der Waals surface area (Å²) in [7, 11) is 1.64. The van der Waals surface area contributed by atoms with Crippen molar-refractivity contribution in [1.29, 1.82) is 0 Å². The summed E-state index contributed by atoms with van der Waals surface area (Å²) in [4.78, 5) is 11.9. The summed E-state index contributed by atoms with van der Waals surface area (Å²) in [6.07, 6.45) is 0.764. The molecule has 2 rings (SSSR count). The van der Waals surface area contributed by atoms with Gasteiger partial charge in [0.1, 0.15) is 0 Å². The number of methoxy groups -OCH3 is 1. The Morgan fingerprint density at radius 3 is 2.75 bits per heavy atom. The van der Waals surface area contributed by atoms with Crippen LogP contribution in [0.2, 0.25) is 5.02 Å². The van der Waals surface area contributed by atoms with Crippen molar-refractivity contribution in [1.82, 2.24) is 10.6 Å². The molecule has 1 aliphatic heterocycles. The quantitative estimate of drug-likeness (QED) is 0.875. The number of carbonyl (C=O) groups excluding carboxylic acids is 1. The fourth-order valence-corrected chi connectivity index (χ4v) is 2.36. The van der Waals surface area contributed by atoms with Crippen molar-refractivity contribution in [2.75, 3.05) is 26.7 Å². The second-order valence-electron chi connectivity index (χ2n) is 4.71. The van der Waals surface area contributed by atoms with Crippen LogP contribution in [0.1, 0.15) is 18.1 Å². The number of carbonyl (C=O) groups is 1. The largest absolute Gasteiger partial charge is 0.375 e. The minimum Gasteiger partial charge on any atom is -0.375 e. The molecule has 0 aromatic heterocycles. The van der Waals surface area contributed by atoms with Crippen LogP contribution in [-0.2, 0) is 9.53 Å². The molecule has 1 saturated heterocycles. The van der Waals surface area contributed by atoms with Crippen LogP contribution >= 0.6 is 24.0 Å². The SMILES string of the molecule is COC(CNC(=O)C1CCNC1)c1ccc(Cl)cc1.Cl. The van der Waals surface area contributed by atoms with E-state index in [1.165, 1.54) is 0 Å². The van der Waals surface area contributed by atoms with Gasteiger partial charge in [-0.05, 0) is 30.7 Å². The number of halogens is 2. The second-order valence-corrected chi connectivity index (χ2v) is 5.15. The van der Waals surface area contributed by atoms with Crippen molar-refractivity contribution >= 4 is 29.9 Å². The number of ether oxygens (including phenoxy) is 1. The topological polar surface area (TPSA) is 50.4 Å². The zero-order valence-corrected chi connectivity index (χ0v) is 13.0. The molecule has 4 nitrogen and oxygen atoms in total. The summed E-state index contributed by atoms with van der Waals surface area (Å²) >= 11 is 5.86. The Kier molecular flexibility index (Phi) is 7.30. The van der Waals surface area contributed by atoms with Crippen molar-refractivity contribution in [2.24, 2.45) is 5.92 Å². The zero-order chi connectivity index (χ0) is 13.7. The van der Waals surface area contributed by atoms with Gasteiger partial charge in [-0.25, -0.2) is 0 Å². The normalized spacial score (nSPS) is 19.2. The van der Waals surface area contributed by atoms with Crippen LogP contribution < -0.4 is 10.6 Å². The smallest absolute Gasteiger partial charge is 0.224 e. The lowest BCUT2D eigenvalue weighted by molar-refractivity contribution is -0.125. The van der Waals surface area contributed by atoms with Gasteiger partial charge >= 0.3 is 0 Å². The standard InChI is InChI=1S/C14H19ClN2O2.ClH/c1-19-13(10-2-4-12(15)5-3-10)9-17-14(18)11-6-7-16-8-11;/h2-5,11,13,16H,6-9H2,1H3,(H,17,18);1H. The third kappa shape index (κ3) is 4.63. The van der Waals surface area contributed by atoms with Gasteiger partial charge in [0.05, 0.1) is 12.0 Å². The third-order valence-electron chi connectivity index (χ3n) is 3.42. The molecule has 6 heteroatoms. The van der Waals surface area contributed by atoms with Crippen LogP contribution in [0.15, 0.2) is 24.3 Å². The highest BCUT2D eigenvalue weighted by Crippen LogP contribution is 2.19. The Morgan fingerprint density at radius 2 is 2.20 bits per heavy atom. The average Bonchev–Trinajstić information content (AvgIpc) is 2.95. The molecule has 1 amide bonds. The Morgan fingerprint density at radius 1 is 1.50 bits per heavy atom. The maximum absolute atomic E-state index is 11.9. The number of amides is 1. The van der Waals surface area contributed by atoms with Gasteiger partial charge in [-0.1, -0.05) is 23.7 Å². The van der Waals surface area contributed by atoms with Crippen LogP contribution in [0.25, 0.3) is 0 Å². The zero-order valence-electron chi connectivity index (χ0n) is 11.4. The third-order valence-corrected chi connectivity index (χ3v) is 3.67. The van der Waals surface area contributed by atoms with E-state index in [0.717, 1.165) is 25.1 Å². The molecule has 0 bridgehead atoms. The van der Waals surface area contributed by atoms with E-state index in [0.29, 0.717) is 11.6 Å². The Bertz CT molecular complexity index is 420. The first kappa shape index (κ1) is 17.2. The summed E-state index contributed by atoms with van der Waals surface area (Å²) in [5, 5.41) is 6.83. The first-order valence-corrected chi connectivity index (χ1v) is 6.85. The van der Waals surface area contributed by atoms with E-state index < -0.39 is 0 Å². The second kappa shape index (κ2) is 8.47. The van der Waals surface area contributed by atoms with Gasteiger partial charge in [-0.2, -0.15) is 0 Å². The summed E-state index contributed by atoms with van der Waals surface area (Å²) in [6.45, 7) is 2.17. The number of hydrogen-bond acceptors (Lipinski definition) is 3. The highest BCUT2D eigenvalue weighted by Gasteiger charge is 2.23. The molecule has 20 heavy (non-hydrogen) atoms. The van der Waals surface area contributed by atoms with E-state index in [9.17, 15) is 4.79 Å². The van der Waals surface area contributed by atoms with Gasteiger partial charge in [-0.3, -0.25) is 4.79 Å². The van der Waals surface area contributed by atoms with Crippen LogP contribution in [0.4, 0.5) is 0 Å². The maximum Gasteiger partial charge on any atom is 0.224 e. The van der Waals surface area contributed by atoms with Crippen LogP contribution in [0.5, 0.6) is 0 Å². The van der Waals surface area contributed by atoms with Crippen molar-refractivity contribution in [3.8, 4) is 0 Å². The molecule has 112 valence electrons. The van der Waals surface area contributed by atoms with E-state index in [1.807, 2.05) is 24.3 Å². The molecule has 2 atom stereocenters. The number of hydrogen-bond donors (Lipinski definition) is 2. The Labute approximate surface area is 130 Å². The summed E-state index contributed by atoms with van der Waals surface area (Å²) in [6, 6.07) is 7.48. The lowest BCUT2D eigenvalue weighted by Gasteiger charge is -2.18. The predicted octanol–water partition coefficient (Wildman–Crippen LogP) is 2.18. The van der Waals surface area contributed by atoms with Gasteiger partial charge < -0.3 is 15.4 Å². The molecule has 0 aliphatic carbocycles. The lowest BCUT2D eigenvalue weighted by Crippen LogP contribution is -2.35. The van der Waals surface area contributed by atoms with Gasteiger partial charge in [0.15, 0.2) is 0 Å². The fourth-order valence-electron chi connectivity index (χ4n) is 2.23. The first-order chi connectivity index (χ1) is 9.20. The van der Waals surface area contributed by atoms with Crippen molar-refractivity contribution in [3.05, 3.63) is 34.9 Å². The van der Waals surface area contributed by atoms with E-state index in [2.05, 4.69) is 10.6 Å². The van der Waals surface area contributed by atoms with Crippen molar-refractivity contribution < 1.29 is 9.53 Å². The molecule has 1 aromatic carbocycles. The molecule has 0 spiro atoms. The molecular formula is C14H20Cl2N2O2. The van der Waals surface area contributed by atoms with Gasteiger partial charge in [0.2, 0.25) is 5.91 Å². The fraction of sp³-hybridized carbons (Fsp3) is 0.500. The minimum atomic E-state index is -0.143. The molecule has 1 fully saturated rings. The maximum atomic E-state index is 11.9. The van der Waals surface area contributed by atoms with E-state index in [4.69, 9.17) is 16.3 Å². The van der Waals surface area contributed by atoms with Crippen molar-refractivity contribution in [3.63, 3.8) is 0 Å². The Hall–Kier alpha value is -0.810. The van der Waals surface area contributed by atoms with Gasteiger partial charge in [-0.15, -0.1) is 12.4 Å². The molecule has 0 saturated carbocycles. The highest BCUT2D eigenvalue weighted by molar-refractivity contribution is 6.30. The monoisotopic (exact) mass is 318 g/mol. The molecule has 1 aliphatic rings. The van der Waals surface area contributed by atoms with E-state index >= 15 is 0 Å². The molecule has 2 N–H and O–H groups in total. The Balaban J connectivity index is 0.00000200. The van der Waals surface area contributed by atoms with Crippen LogP contribution in [-0.4, -0.2) is 32.7 Å².